The quantitative estimate of drug-likeness (QED) is 0.665. The van der Waals surface area contributed by atoms with Crippen molar-refractivity contribution < 1.29 is 4.74 Å². The van der Waals surface area contributed by atoms with Gasteiger partial charge in [-0.1, -0.05) is 49.6 Å². The molecule has 3 aromatic rings. The van der Waals surface area contributed by atoms with Crippen LogP contribution in [-0.2, 0) is 0 Å². The van der Waals surface area contributed by atoms with E-state index < -0.39 is 0 Å². The second-order valence-electron chi connectivity index (χ2n) is 7.99. The molecule has 6 nitrogen and oxygen atoms in total. The lowest BCUT2D eigenvalue weighted by molar-refractivity contribution is 0.379. The Balaban J connectivity index is 1.57. The monoisotopic (exact) mass is 397 g/mol. The van der Waals surface area contributed by atoms with E-state index in [0.717, 1.165) is 22.4 Å². The zero-order valence-corrected chi connectivity index (χ0v) is 16.6. The van der Waals surface area contributed by atoms with Crippen molar-refractivity contribution >= 4 is 0 Å². The second-order valence-corrected chi connectivity index (χ2v) is 7.99. The van der Waals surface area contributed by atoms with Gasteiger partial charge in [-0.3, -0.25) is 10.1 Å². The molecule has 3 heterocycles. The number of ether oxygens (including phenoxy) is 1. The van der Waals surface area contributed by atoms with Crippen molar-refractivity contribution in [2.75, 3.05) is 0 Å². The molecule has 6 heteroatoms. The maximum absolute atomic E-state index is 9.78. The number of nitrogens with two attached hydrogens (primary N) is 1. The number of allylic oxidation sites excluding steroid dienone is 1. The Labute approximate surface area is 175 Å². The fourth-order valence-corrected chi connectivity index (χ4v) is 4.70. The molecule has 1 fully saturated rings. The summed E-state index contributed by atoms with van der Waals surface area (Å²) in [5.74, 6) is 0.776. The van der Waals surface area contributed by atoms with Crippen molar-refractivity contribution in [3.63, 3.8) is 0 Å². The first-order valence-corrected chi connectivity index (χ1v) is 10.4. The minimum absolute atomic E-state index is 0.0875. The molecule has 3 N–H and O–H groups in total. The molecule has 1 aliphatic heterocycles. The van der Waals surface area contributed by atoms with Gasteiger partial charge in [-0.05, 0) is 36.0 Å². The van der Waals surface area contributed by atoms with Crippen molar-refractivity contribution in [1.82, 2.24) is 15.2 Å². The number of benzene rings is 1. The molecule has 1 aliphatic carbocycles. The molecule has 2 aliphatic rings. The Hall–Kier alpha value is -3.59. The SMILES string of the molecule is N#CC1=C(N)Oc2n[nH]c(-c3ccc(C4CCCCC4)cc3)c2[C@H]1c1cccnc1. The van der Waals surface area contributed by atoms with E-state index in [0.29, 0.717) is 17.4 Å². The lowest BCUT2D eigenvalue weighted by Gasteiger charge is -2.24. The summed E-state index contributed by atoms with van der Waals surface area (Å²) in [5, 5.41) is 17.2. The normalized spacial score (nSPS) is 19.1. The lowest BCUT2D eigenvalue weighted by atomic mass is 9.82. The lowest BCUT2D eigenvalue weighted by Crippen LogP contribution is -2.21. The molecule has 2 aromatic heterocycles. The van der Waals surface area contributed by atoms with E-state index in [2.05, 4.69) is 45.5 Å². The van der Waals surface area contributed by atoms with Crippen LogP contribution in [0.4, 0.5) is 0 Å². The Bertz CT molecular complexity index is 1120. The molecular formula is C24H23N5O. The van der Waals surface area contributed by atoms with Gasteiger partial charge < -0.3 is 10.5 Å². The summed E-state index contributed by atoms with van der Waals surface area (Å²) in [6, 6.07) is 14.7. The summed E-state index contributed by atoms with van der Waals surface area (Å²) >= 11 is 0. The summed E-state index contributed by atoms with van der Waals surface area (Å²) in [5.41, 5.74) is 11.4. The number of aromatic nitrogens is 3. The number of nitrogens with one attached hydrogen (secondary N) is 1. The van der Waals surface area contributed by atoms with Crippen LogP contribution in [0.1, 0.15) is 60.6 Å². The first-order valence-electron chi connectivity index (χ1n) is 10.4. The number of nitrogens with zero attached hydrogens (tertiary/aromatic N) is 3. The summed E-state index contributed by atoms with van der Waals surface area (Å²) in [7, 11) is 0. The van der Waals surface area contributed by atoms with Gasteiger partial charge in [0.05, 0.1) is 17.2 Å². The molecule has 0 spiro atoms. The van der Waals surface area contributed by atoms with E-state index in [1.807, 2.05) is 12.1 Å². The minimum atomic E-state index is -0.376. The van der Waals surface area contributed by atoms with Gasteiger partial charge in [0.2, 0.25) is 11.8 Å². The summed E-state index contributed by atoms with van der Waals surface area (Å²) in [6.07, 6.45) is 9.99. The predicted octanol–water partition coefficient (Wildman–Crippen LogP) is 4.74. The van der Waals surface area contributed by atoms with Crippen LogP contribution in [0, 0.1) is 11.3 Å². The molecule has 150 valence electrons. The molecular weight excluding hydrogens is 374 g/mol. The van der Waals surface area contributed by atoms with Crippen LogP contribution in [-0.4, -0.2) is 15.2 Å². The van der Waals surface area contributed by atoms with Crippen LogP contribution in [0.5, 0.6) is 5.88 Å². The first kappa shape index (κ1) is 18.4. The number of rotatable bonds is 3. The largest absolute Gasteiger partial charge is 0.420 e. The van der Waals surface area contributed by atoms with E-state index in [-0.39, 0.29) is 11.8 Å². The Kier molecular flexibility index (Phi) is 4.72. The molecule has 0 saturated heterocycles. The molecule has 1 saturated carbocycles. The van der Waals surface area contributed by atoms with Crippen molar-refractivity contribution in [3.8, 4) is 23.2 Å². The van der Waals surface area contributed by atoms with Gasteiger partial charge in [0, 0.05) is 18.0 Å². The number of hydrogen-bond donors (Lipinski definition) is 2. The third kappa shape index (κ3) is 3.13. The summed E-state index contributed by atoms with van der Waals surface area (Å²) < 4.78 is 5.68. The van der Waals surface area contributed by atoms with E-state index in [1.54, 1.807) is 12.4 Å². The van der Waals surface area contributed by atoms with Crippen molar-refractivity contribution in [3.05, 3.63) is 76.9 Å². The Morgan fingerprint density at radius 2 is 1.87 bits per heavy atom. The third-order valence-corrected chi connectivity index (χ3v) is 6.23. The number of aromatic amines is 1. The number of pyridine rings is 1. The van der Waals surface area contributed by atoms with Gasteiger partial charge in [-0.2, -0.15) is 5.26 Å². The molecule has 0 unspecified atom stereocenters. The highest BCUT2D eigenvalue weighted by atomic mass is 16.5. The smallest absolute Gasteiger partial charge is 0.244 e. The minimum Gasteiger partial charge on any atom is -0.420 e. The van der Waals surface area contributed by atoms with Gasteiger partial charge in [0.25, 0.3) is 0 Å². The van der Waals surface area contributed by atoms with E-state index >= 15 is 0 Å². The van der Waals surface area contributed by atoms with Gasteiger partial charge in [0.15, 0.2) is 0 Å². The average Bonchev–Trinajstić information content (AvgIpc) is 3.22. The van der Waals surface area contributed by atoms with Crippen molar-refractivity contribution in [2.24, 2.45) is 5.73 Å². The van der Waals surface area contributed by atoms with Gasteiger partial charge >= 0.3 is 0 Å². The zero-order valence-electron chi connectivity index (χ0n) is 16.6. The molecule has 1 atom stereocenters. The van der Waals surface area contributed by atoms with Crippen molar-refractivity contribution in [2.45, 2.75) is 43.9 Å². The van der Waals surface area contributed by atoms with Crippen LogP contribution in [0.3, 0.4) is 0 Å². The summed E-state index contributed by atoms with van der Waals surface area (Å²) in [6.45, 7) is 0. The number of nitriles is 1. The maximum atomic E-state index is 9.78. The highest BCUT2D eigenvalue weighted by molar-refractivity contribution is 5.71. The molecule has 0 bridgehead atoms. The van der Waals surface area contributed by atoms with Crippen LogP contribution < -0.4 is 10.5 Å². The molecule has 5 rings (SSSR count). The first-order chi connectivity index (χ1) is 14.8. The van der Waals surface area contributed by atoms with Crippen LogP contribution in [0.2, 0.25) is 0 Å². The highest BCUT2D eigenvalue weighted by Crippen LogP contribution is 2.45. The van der Waals surface area contributed by atoms with Gasteiger partial charge in [-0.25, -0.2) is 0 Å². The molecule has 0 radical (unpaired) electrons. The topological polar surface area (TPSA) is 101 Å². The highest BCUT2D eigenvalue weighted by Gasteiger charge is 2.35. The number of hydrogen-bond acceptors (Lipinski definition) is 5. The zero-order chi connectivity index (χ0) is 20.5. The standard InChI is InChI=1S/C24H23N5O/c25-13-19-20(18-7-4-12-27-14-18)21-22(28-29-24(21)30-23(19)26)17-10-8-16(9-11-17)15-5-2-1-3-6-15/h4,7-12,14-15,20H,1-3,5-6,26H2,(H,28,29)/t20-/m0/s1. The number of fused-ring (bicyclic) bond motifs is 1. The fraction of sp³-hybridized carbons (Fsp3) is 0.292. The molecule has 1 aromatic carbocycles. The third-order valence-electron chi connectivity index (χ3n) is 6.23. The number of H-pyrrole nitrogens is 1. The predicted molar refractivity (Wildman–Crippen MR) is 113 cm³/mol. The fourth-order valence-electron chi connectivity index (χ4n) is 4.70. The van der Waals surface area contributed by atoms with E-state index in [1.165, 1.54) is 37.7 Å². The summed E-state index contributed by atoms with van der Waals surface area (Å²) in [4.78, 5) is 4.23. The molecule has 0 amide bonds. The van der Waals surface area contributed by atoms with Crippen molar-refractivity contribution in [1.29, 1.82) is 5.26 Å². The van der Waals surface area contributed by atoms with E-state index in [4.69, 9.17) is 10.5 Å². The average molecular weight is 397 g/mol. The van der Waals surface area contributed by atoms with Crippen LogP contribution in [0.25, 0.3) is 11.3 Å². The van der Waals surface area contributed by atoms with Crippen LogP contribution in [0.15, 0.2) is 60.2 Å². The molecule has 30 heavy (non-hydrogen) atoms. The second kappa shape index (κ2) is 7.68. The Morgan fingerprint density at radius 3 is 2.57 bits per heavy atom. The maximum Gasteiger partial charge on any atom is 0.244 e. The van der Waals surface area contributed by atoms with Crippen LogP contribution >= 0.6 is 0 Å². The van der Waals surface area contributed by atoms with Gasteiger partial charge in [-0.15, -0.1) is 5.10 Å². The van der Waals surface area contributed by atoms with Gasteiger partial charge in [0.1, 0.15) is 11.6 Å². The van der Waals surface area contributed by atoms with E-state index in [9.17, 15) is 5.26 Å². The Morgan fingerprint density at radius 1 is 1.07 bits per heavy atom.